The van der Waals surface area contributed by atoms with E-state index in [0.717, 1.165) is 0 Å². The Morgan fingerprint density at radius 2 is 1.83 bits per heavy atom. The maximum Gasteiger partial charge on any atom is 0.0771 e. The van der Waals surface area contributed by atoms with Gasteiger partial charge in [0.1, 0.15) is 0 Å². The van der Waals surface area contributed by atoms with Crippen LogP contribution >= 0.6 is 11.3 Å². The smallest absolute Gasteiger partial charge is 0.0771 e. The van der Waals surface area contributed by atoms with Gasteiger partial charge < -0.3 is 4.55 Å². The molecule has 0 N–H and O–H groups in total. The summed E-state index contributed by atoms with van der Waals surface area (Å²) in [6.07, 6.45) is 0. The van der Waals surface area contributed by atoms with Gasteiger partial charge in [-0.25, -0.2) is 0 Å². The van der Waals surface area contributed by atoms with Gasteiger partial charge in [-0.05, 0) is 22.5 Å². The third-order valence-electron chi connectivity index (χ3n) is 0.659. The molecule has 0 spiro atoms. The van der Waals surface area contributed by atoms with Gasteiger partial charge in [-0.15, -0.1) is 11.3 Å². The number of hydrogen-bond acceptors (Lipinski definition) is 3. The Morgan fingerprint density at radius 3 is 2.00 bits per heavy atom. The van der Waals surface area contributed by atoms with Crippen molar-refractivity contribution in [2.24, 2.45) is 0 Å². The summed E-state index contributed by atoms with van der Waals surface area (Å²) < 4.78 is 20.5. The van der Waals surface area contributed by atoms with Gasteiger partial charge in [0, 0.05) is 0 Å². The Hall–Kier alpha value is -0.190. The summed E-state index contributed by atoms with van der Waals surface area (Å²) in [5.41, 5.74) is 0. The molecular formula is C8H15O2S2-. The lowest BCUT2D eigenvalue weighted by atomic mass is 10.7. The molecule has 0 bridgehead atoms. The van der Waals surface area contributed by atoms with Crippen molar-refractivity contribution in [2.75, 3.05) is 0 Å². The highest BCUT2D eigenvalue weighted by atomic mass is 32.2. The largest absolute Gasteiger partial charge is 0.768 e. The predicted octanol–water partition coefficient (Wildman–Crippen LogP) is 3.04. The predicted molar refractivity (Wildman–Crippen MR) is 54.2 cm³/mol. The van der Waals surface area contributed by atoms with Crippen molar-refractivity contribution in [1.29, 1.82) is 0 Å². The van der Waals surface area contributed by atoms with E-state index in [2.05, 4.69) is 0 Å². The fraction of sp³-hybridized carbons (Fsp3) is 0.500. The maximum atomic E-state index is 10.1. The molecule has 4 heteroatoms. The van der Waals surface area contributed by atoms with Crippen molar-refractivity contribution in [3.8, 4) is 0 Å². The summed E-state index contributed by atoms with van der Waals surface area (Å²) >= 11 is -0.811. The summed E-state index contributed by atoms with van der Waals surface area (Å²) in [6, 6.07) is 3.27. The molecule has 0 radical (unpaired) electrons. The Balaban J connectivity index is 0. The second-order valence-electron chi connectivity index (χ2n) is 1.17. The van der Waals surface area contributed by atoms with Crippen LogP contribution in [0.25, 0.3) is 0 Å². The Morgan fingerprint density at radius 1 is 1.33 bits per heavy atom. The molecule has 0 saturated carbocycles. The highest BCUT2D eigenvalue weighted by Gasteiger charge is 1.87. The van der Waals surface area contributed by atoms with Crippen LogP contribution in [-0.4, -0.2) is 8.76 Å². The van der Waals surface area contributed by atoms with E-state index in [9.17, 15) is 8.76 Å². The number of thiophene rings is 1. The highest BCUT2D eigenvalue weighted by molar-refractivity contribution is 7.81. The zero-order valence-corrected chi connectivity index (χ0v) is 9.50. The number of rotatable bonds is 1. The van der Waals surface area contributed by atoms with E-state index in [-0.39, 0.29) is 0 Å². The number of hydrogen-bond donors (Lipinski definition) is 0. The van der Waals surface area contributed by atoms with Gasteiger partial charge in [-0.3, -0.25) is 4.21 Å². The van der Waals surface area contributed by atoms with Crippen LogP contribution in [0.2, 0.25) is 0 Å². The molecule has 1 rings (SSSR count). The Bertz CT molecular complexity index is 183. The molecule has 0 aliphatic heterocycles. The van der Waals surface area contributed by atoms with Crippen molar-refractivity contribution < 1.29 is 8.76 Å². The minimum absolute atomic E-state index is 0.394. The monoisotopic (exact) mass is 207 g/mol. The van der Waals surface area contributed by atoms with E-state index in [1.165, 1.54) is 11.3 Å². The van der Waals surface area contributed by atoms with Gasteiger partial charge in [0.2, 0.25) is 0 Å². The van der Waals surface area contributed by atoms with Gasteiger partial charge in [0.05, 0.1) is 4.21 Å². The SMILES string of the molecule is CC.CC.O=S([O-])c1cccs1. The molecule has 0 fully saturated rings. The Kier molecular flexibility index (Phi) is 12.9. The van der Waals surface area contributed by atoms with E-state index in [0.29, 0.717) is 4.21 Å². The quantitative estimate of drug-likeness (QED) is 0.664. The molecule has 72 valence electrons. The molecule has 2 nitrogen and oxygen atoms in total. The lowest BCUT2D eigenvalue weighted by molar-refractivity contribution is 0.539. The van der Waals surface area contributed by atoms with Crippen molar-refractivity contribution >= 4 is 22.4 Å². The van der Waals surface area contributed by atoms with Crippen molar-refractivity contribution in [3.63, 3.8) is 0 Å². The van der Waals surface area contributed by atoms with Crippen LogP contribution < -0.4 is 0 Å². The van der Waals surface area contributed by atoms with Crippen molar-refractivity contribution in [3.05, 3.63) is 17.5 Å². The van der Waals surface area contributed by atoms with E-state index in [1.807, 2.05) is 27.7 Å². The van der Waals surface area contributed by atoms with E-state index < -0.39 is 11.1 Å². The van der Waals surface area contributed by atoms with Crippen LogP contribution in [0, 0.1) is 0 Å². The van der Waals surface area contributed by atoms with E-state index in [4.69, 9.17) is 0 Å². The highest BCUT2D eigenvalue weighted by Crippen LogP contribution is 2.10. The summed E-state index contributed by atoms with van der Waals surface area (Å²) in [5.74, 6) is 0. The first-order valence-corrected chi connectivity index (χ1v) is 5.89. The molecule has 12 heavy (non-hydrogen) atoms. The van der Waals surface area contributed by atoms with Gasteiger partial charge in [-0.1, -0.05) is 33.8 Å². The summed E-state index contributed by atoms with van der Waals surface area (Å²) in [4.78, 5) is 0. The lowest BCUT2D eigenvalue weighted by Gasteiger charge is -1.96. The molecule has 0 aromatic carbocycles. The molecule has 1 heterocycles. The van der Waals surface area contributed by atoms with Crippen LogP contribution in [0.3, 0.4) is 0 Å². The van der Waals surface area contributed by atoms with Crippen LogP contribution in [0.4, 0.5) is 0 Å². The molecule has 1 atom stereocenters. The lowest BCUT2D eigenvalue weighted by Crippen LogP contribution is -1.80. The zero-order chi connectivity index (χ0) is 9.98. The average Bonchev–Trinajstić information content (AvgIpc) is 2.64. The maximum absolute atomic E-state index is 10.1. The fourth-order valence-corrected chi connectivity index (χ4v) is 1.48. The van der Waals surface area contributed by atoms with Crippen molar-refractivity contribution in [1.82, 2.24) is 0 Å². The molecule has 0 saturated heterocycles. The molecule has 1 aromatic heterocycles. The molecule has 1 aromatic rings. The zero-order valence-electron chi connectivity index (χ0n) is 7.87. The fourth-order valence-electron chi connectivity index (χ4n) is 0.358. The van der Waals surface area contributed by atoms with E-state index >= 15 is 0 Å². The Labute approximate surface area is 80.9 Å². The normalized spacial score (nSPS) is 10.1. The first-order valence-electron chi connectivity index (χ1n) is 3.93. The van der Waals surface area contributed by atoms with E-state index in [1.54, 1.807) is 17.5 Å². The van der Waals surface area contributed by atoms with Crippen LogP contribution in [0.5, 0.6) is 0 Å². The minimum atomic E-state index is -2.03. The third kappa shape index (κ3) is 6.52. The standard InChI is InChI=1S/C4H4O2S2.2C2H6/c5-8(6)4-2-1-3-7-4;2*1-2/h1-3H,(H,5,6);2*1-2H3/p-1. The first-order chi connectivity index (χ1) is 5.80. The molecule has 0 aliphatic carbocycles. The third-order valence-corrected chi connectivity index (χ3v) is 2.48. The molecule has 0 amide bonds. The first kappa shape index (κ1) is 14.3. The molecule has 0 aliphatic rings. The van der Waals surface area contributed by atoms with Gasteiger partial charge in [0.25, 0.3) is 0 Å². The van der Waals surface area contributed by atoms with Crippen LogP contribution in [0.15, 0.2) is 21.7 Å². The second-order valence-corrected chi connectivity index (χ2v) is 3.28. The summed E-state index contributed by atoms with van der Waals surface area (Å²) in [5, 5.41) is 1.73. The van der Waals surface area contributed by atoms with Crippen LogP contribution in [0.1, 0.15) is 27.7 Å². The average molecular weight is 207 g/mol. The van der Waals surface area contributed by atoms with Gasteiger partial charge in [0.15, 0.2) is 0 Å². The summed E-state index contributed by atoms with van der Waals surface area (Å²) in [6.45, 7) is 8.00. The van der Waals surface area contributed by atoms with Crippen LogP contribution in [-0.2, 0) is 11.1 Å². The topological polar surface area (TPSA) is 40.1 Å². The van der Waals surface area contributed by atoms with Gasteiger partial charge >= 0.3 is 0 Å². The van der Waals surface area contributed by atoms with Crippen molar-refractivity contribution in [2.45, 2.75) is 31.9 Å². The molecule has 1 unspecified atom stereocenters. The summed E-state index contributed by atoms with van der Waals surface area (Å²) in [7, 11) is 0. The second kappa shape index (κ2) is 10.8. The van der Waals surface area contributed by atoms with Gasteiger partial charge in [-0.2, -0.15) is 0 Å². The molecular weight excluding hydrogens is 192 g/mol. The minimum Gasteiger partial charge on any atom is -0.768 e.